The summed E-state index contributed by atoms with van der Waals surface area (Å²) in [7, 11) is 2.03. The van der Waals surface area contributed by atoms with Gasteiger partial charge in [-0.15, -0.1) is 11.3 Å². The van der Waals surface area contributed by atoms with E-state index >= 15 is 0 Å². The number of carboxylic acids is 1. The van der Waals surface area contributed by atoms with Gasteiger partial charge in [-0.25, -0.2) is 9.78 Å². The predicted molar refractivity (Wildman–Crippen MR) is 92.9 cm³/mol. The van der Waals surface area contributed by atoms with Crippen LogP contribution in [0.5, 0.6) is 0 Å². The Kier molecular flexibility index (Phi) is 4.58. The van der Waals surface area contributed by atoms with Gasteiger partial charge in [-0.2, -0.15) is 5.10 Å². The lowest BCUT2D eigenvalue weighted by Crippen LogP contribution is -2.38. The van der Waals surface area contributed by atoms with E-state index in [1.807, 2.05) is 11.7 Å². The van der Waals surface area contributed by atoms with Crippen LogP contribution in [-0.4, -0.2) is 50.4 Å². The molecule has 0 bridgehead atoms. The van der Waals surface area contributed by atoms with Crippen LogP contribution < -0.4 is 0 Å². The SMILES string of the molecule is Cn1nc2c(c1CN1CCOC(c3nc(C(=O)O)cs3)C1)CCCC2. The van der Waals surface area contributed by atoms with Gasteiger partial charge in [0.05, 0.1) is 18.0 Å². The molecule has 1 aliphatic carbocycles. The second kappa shape index (κ2) is 6.86. The first kappa shape index (κ1) is 16.7. The summed E-state index contributed by atoms with van der Waals surface area (Å²) in [5.41, 5.74) is 4.10. The van der Waals surface area contributed by atoms with Crippen molar-refractivity contribution in [2.24, 2.45) is 7.05 Å². The van der Waals surface area contributed by atoms with Crippen LogP contribution in [0.15, 0.2) is 5.38 Å². The maximum Gasteiger partial charge on any atom is 0.355 e. The molecule has 134 valence electrons. The molecule has 0 aromatic carbocycles. The highest BCUT2D eigenvalue weighted by Crippen LogP contribution is 2.28. The first-order chi connectivity index (χ1) is 12.1. The van der Waals surface area contributed by atoms with Gasteiger partial charge in [0.1, 0.15) is 11.1 Å². The van der Waals surface area contributed by atoms with E-state index in [0.717, 1.165) is 37.5 Å². The van der Waals surface area contributed by atoms with E-state index in [0.29, 0.717) is 6.61 Å². The number of fused-ring (bicyclic) bond motifs is 1. The maximum atomic E-state index is 11.0. The molecule has 0 radical (unpaired) electrons. The van der Waals surface area contributed by atoms with Gasteiger partial charge in [-0.1, -0.05) is 0 Å². The monoisotopic (exact) mass is 362 g/mol. The fourth-order valence-corrected chi connectivity index (χ4v) is 4.52. The van der Waals surface area contributed by atoms with Gasteiger partial charge in [0, 0.05) is 32.1 Å². The van der Waals surface area contributed by atoms with Gasteiger partial charge in [-0.3, -0.25) is 9.58 Å². The normalized spacial score (nSPS) is 21.2. The molecular formula is C17H22N4O3S. The van der Waals surface area contributed by atoms with E-state index in [9.17, 15) is 4.79 Å². The van der Waals surface area contributed by atoms with Crippen LogP contribution in [0.1, 0.15) is 51.4 Å². The molecule has 1 fully saturated rings. The lowest BCUT2D eigenvalue weighted by atomic mass is 9.95. The Morgan fingerprint density at radius 1 is 1.44 bits per heavy atom. The van der Waals surface area contributed by atoms with Crippen molar-refractivity contribution in [2.45, 2.75) is 38.3 Å². The van der Waals surface area contributed by atoms with Gasteiger partial charge in [0.25, 0.3) is 0 Å². The van der Waals surface area contributed by atoms with E-state index in [-0.39, 0.29) is 11.8 Å². The van der Waals surface area contributed by atoms with Crippen LogP contribution in [0.2, 0.25) is 0 Å². The summed E-state index contributed by atoms with van der Waals surface area (Å²) in [6, 6.07) is 0. The van der Waals surface area contributed by atoms with Crippen LogP contribution in [0.25, 0.3) is 0 Å². The molecule has 2 aromatic heterocycles. The molecule has 2 aliphatic rings. The number of carbonyl (C=O) groups is 1. The fourth-order valence-electron chi connectivity index (χ4n) is 3.69. The average Bonchev–Trinajstić information content (AvgIpc) is 3.21. The Morgan fingerprint density at radius 2 is 2.28 bits per heavy atom. The molecule has 1 N–H and O–H groups in total. The van der Waals surface area contributed by atoms with Crippen molar-refractivity contribution in [1.82, 2.24) is 19.7 Å². The minimum absolute atomic E-state index is 0.0985. The molecule has 25 heavy (non-hydrogen) atoms. The third kappa shape index (κ3) is 3.33. The number of thiazole rings is 1. The van der Waals surface area contributed by atoms with Crippen molar-refractivity contribution < 1.29 is 14.6 Å². The van der Waals surface area contributed by atoms with E-state index in [1.165, 1.54) is 41.1 Å². The Morgan fingerprint density at radius 3 is 3.08 bits per heavy atom. The number of morpholine rings is 1. The van der Waals surface area contributed by atoms with Crippen LogP contribution >= 0.6 is 11.3 Å². The summed E-state index contributed by atoms with van der Waals surface area (Å²) in [5.74, 6) is -0.989. The summed E-state index contributed by atoms with van der Waals surface area (Å²) < 4.78 is 7.87. The second-order valence-electron chi connectivity index (χ2n) is 6.67. The largest absolute Gasteiger partial charge is 0.476 e. The number of hydrogen-bond donors (Lipinski definition) is 1. The molecule has 8 heteroatoms. The fraction of sp³-hybridized carbons (Fsp3) is 0.588. The zero-order chi connectivity index (χ0) is 17.4. The molecule has 1 unspecified atom stereocenters. The number of nitrogens with zero attached hydrogens (tertiary/aromatic N) is 4. The molecule has 1 aliphatic heterocycles. The molecule has 7 nitrogen and oxygen atoms in total. The van der Waals surface area contributed by atoms with E-state index in [2.05, 4.69) is 9.88 Å². The smallest absolute Gasteiger partial charge is 0.355 e. The zero-order valence-corrected chi connectivity index (χ0v) is 15.1. The number of hydrogen-bond acceptors (Lipinski definition) is 6. The standard InChI is InChI=1S/C17H22N4O3S/c1-20-14(11-4-2-3-5-12(11)19-20)8-21-6-7-24-15(9-21)16-18-13(10-25-16)17(22)23/h10,15H,2-9H2,1H3,(H,22,23). The van der Waals surface area contributed by atoms with Crippen LogP contribution in [0.4, 0.5) is 0 Å². The molecule has 3 heterocycles. The number of aromatic carboxylic acids is 1. The van der Waals surface area contributed by atoms with E-state index in [1.54, 1.807) is 5.38 Å². The lowest BCUT2D eigenvalue weighted by molar-refractivity contribution is -0.0337. The summed E-state index contributed by atoms with van der Waals surface area (Å²) in [5, 5.41) is 16.1. The van der Waals surface area contributed by atoms with Gasteiger partial charge in [-0.05, 0) is 31.2 Å². The quantitative estimate of drug-likeness (QED) is 0.896. The summed E-state index contributed by atoms with van der Waals surface area (Å²) in [6.45, 7) is 3.09. The molecule has 0 saturated carbocycles. The first-order valence-corrected chi connectivity index (χ1v) is 9.56. The highest BCUT2D eigenvalue weighted by atomic mass is 32.1. The van der Waals surface area contributed by atoms with Crippen molar-refractivity contribution in [2.75, 3.05) is 19.7 Å². The Bertz CT molecular complexity index is 785. The molecule has 2 aromatic rings. The summed E-state index contributed by atoms with van der Waals surface area (Å²) in [4.78, 5) is 17.6. The van der Waals surface area contributed by atoms with Gasteiger partial charge in [0.15, 0.2) is 5.69 Å². The van der Waals surface area contributed by atoms with Gasteiger partial charge >= 0.3 is 5.97 Å². The Labute approximate surface area is 150 Å². The molecular weight excluding hydrogens is 340 g/mol. The van der Waals surface area contributed by atoms with Crippen molar-refractivity contribution in [3.63, 3.8) is 0 Å². The third-order valence-electron chi connectivity index (χ3n) is 4.99. The van der Waals surface area contributed by atoms with Gasteiger partial charge < -0.3 is 9.84 Å². The Hall–Kier alpha value is -1.77. The maximum absolute atomic E-state index is 11.0. The molecule has 0 amide bonds. The van der Waals surface area contributed by atoms with Crippen molar-refractivity contribution in [3.8, 4) is 0 Å². The number of rotatable bonds is 4. The van der Waals surface area contributed by atoms with Crippen molar-refractivity contribution in [1.29, 1.82) is 0 Å². The topological polar surface area (TPSA) is 80.5 Å². The molecule has 1 atom stereocenters. The van der Waals surface area contributed by atoms with Crippen LogP contribution in [-0.2, 0) is 31.2 Å². The molecule has 0 spiro atoms. The number of aryl methyl sites for hydroxylation is 2. The number of carboxylic acid groups (broad SMARTS) is 1. The second-order valence-corrected chi connectivity index (χ2v) is 7.56. The minimum atomic E-state index is -0.989. The number of ether oxygens (including phenoxy) is 1. The lowest BCUT2D eigenvalue weighted by Gasteiger charge is -2.32. The number of aromatic nitrogens is 3. The van der Waals surface area contributed by atoms with E-state index < -0.39 is 5.97 Å². The van der Waals surface area contributed by atoms with Crippen LogP contribution in [0.3, 0.4) is 0 Å². The highest BCUT2D eigenvalue weighted by molar-refractivity contribution is 7.09. The molecule has 4 rings (SSSR count). The van der Waals surface area contributed by atoms with Crippen LogP contribution in [0, 0.1) is 0 Å². The van der Waals surface area contributed by atoms with Crippen molar-refractivity contribution in [3.05, 3.63) is 33.0 Å². The Balaban J connectivity index is 1.48. The minimum Gasteiger partial charge on any atom is -0.476 e. The molecule has 1 saturated heterocycles. The van der Waals surface area contributed by atoms with E-state index in [4.69, 9.17) is 14.9 Å². The van der Waals surface area contributed by atoms with Gasteiger partial charge in [0.2, 0.25) is 0 Å². The summed E-state index contributed by atoms with van der Waals surface area (Å²) >= 11 is 1.36. The van der Waals surface area contributed by atoms with Crippen molar-refractivity contribution >= 4 is 17.3 Å². The third-order valence-corrected chi connectivity index (χ3v) is 5.93. The highest BCUT2D eigenvalue weighted by Gasteiger charge is 2.27. The summed E-state index contributed by atoms with van der Waals surface area (Å²) in [6.07, 6.45) is 4.54. The average molecular weight is 362 g/mol. The zero-order valence-electron chi connectivity index (χ0n) is 14.3. The first-order valence-electron chi connectivity index (χ1n) is 8.68. The predicted octanol–water partition coefficient (Wildman–Crippen LogP) is 2.03.